The predicted octanol–water partition coefficient (Wildman–Crippen LogP) is 2.68. The van der Waals surface area contributed by atoms with Crippen LogP contribution >= 0.6 is 17.0 Å². The van der Waals surface area contributed by atoms with Crippen LogP contribution in [0.4, 0.5) is 5.69 Å². The highest BCUT2D eigenvalue weighted by molar-refractivity contribution is 8.93. The van der Waals surface area contributed by atoms with Crippen molar-refractivity contribution in [3.05, 3.63) is 23.8 Å². The number of nitrogens with two attached hydrogens (primary N) is 1. The third kappa shape index (κ3) is 2.14. The second-order valence-electron chi connectivity index (χ2n) is 2.94. The molecule has 1 aromatic carbocycles. The van der Waals surface area contributed by atoms with Gasteiger partial charge in [-0.15, -0.1) is 17.0 Å². The maximum absolute atomic E-state index is 9.44. The van der Waals surface area contributed by atoms with Gasteiger partial charge < -0.3 is 10.8 Å². The third-order valence-electron chi connectivity index (χ3n) is 1.72. The first kappa shape index (κ1) is 11.3. The highest BCUT2D eigenvalue weighted by Crippen LogP contribution is 2.29. The van der Waals surface area contributed by atoms with Gasteiger partial charge >= 0.3 is 0 Å². The summed E-state index contributed by atoms with van der Waals surface area (Å²) in [7, 11) is 0. The van der Waals surface area contributed by atoms with Gasteiger partial charge in [0.25, 0.3) is 0 Å². The molecule has 0 aromatic heterocycles. The van der Waals surface area contributed by atoms with Crippen molar-refractivity contribution in [2.24, 2.45) is 0 Å². The number of aromatic hydroxyl groups is 1. The lowest BCUT2D eigenvalue weighted by Crippen LogP contribution is -1.92. The largest absolute Gasteiger partial charge is 0.505 e. The van der Waals surface area contributed by atoms with E-state index in [0.29, 0.717) is 11.6 Å². The number of para-hydroxylation sites is 1. The molecule has 68 valence electrons. The minimum absolute atomic E-state index is 0. The third-order valence-corrected chi connectivity index (χ3v) is 1.72. The summed E-state index contributed by atoms with van der Waals surface area (Å²) in [6, 6.07) is 5.43. The van der Waals surface area contributed by atoms with E-state index < -0.39 is 0 Å². The number of phenols is 1. The fourth-order valence-corrected chi connectivity index (χ4v) is 1.05. The molecule has 0 spiro atoms. The smallest absolute Gasteiger partial charge is 0.141 e. The van der Waals surface area contributed by atoms with E-state index in [2.05, 4.69) is 0 Å². The summed E-state index contributed by atoms with van der Waals surface area (Å²) < 4.78 is 0. The van der Waals surface area contributed by atoms with Crippen molar-refractivity contribution in [3.8, 4) is 5.75 Å². The summed E-state index contributed by atoms with van der Waals surface area (Å²) >= 11 is 0. The second-order valence-corrected chi connectivity index (χ2v) is 2.94. The van der Waals surface area contributed by atoms with Crippen molar-refractivity contribution in [2.45, 2.75) is 19.8 Å². The van der Waals surface area contributed by atoms with Crippen LogP contribution in [-0.4, -0.2) is 5.11 Å². The number of anilines is 1. The number of nitrogen functional groups attached to an aromatic ring is 1. The average Bonchev–Trinajstić information content (AvgIpc) is 1.94. The van der Waals surface area contributed by atoms with Crippen LogP contribution in [0.3, 0.4) is 0 Å². The van der Waals surface area contributed by atoms with E-state index in [0.717, 1.165) is 5.56 Å². The van der Waals surface area contributed by atoms with Crippen molar-refractivity contribution in [3.63, 3.8) is 0 Å². The summed E-state index contributed by atoms with van der Waals surface area (Å²) in [4.78, 5) is 0. The van der Waals surface area contributed by atoms with Crippen molar-refractivity contribution < 1.29 is 5.11 Å². The summed E-state index contributed by atoms with van der Waals surface area (Å²) in [6.07, 6.45) is 0. The molecule has 3 heteroatoms. The van der Waals surface area contributed by atoms with Gasteiger partial charge in [0.05, 0.1) is 5.69 Å². The molecule has 0 saturated heterocycles. The van der Waals surface area contributed by atoms with Gasteiger partial charge in [-0.1, -0.05) is 26.0 Å². The highest BCUT2D eigenvalue weighted by Gasteiger charge is 2.06. The Morgan fingerprint density at radius 2 is 1.92 bits per heavy atom. The van der Waals surface area contributed by atoms with E-state index >= 15 is 0 Å². The molecule has 0 heterocycles. The standard InChI is InChI=1S/C9H13NO.BrH/c1-6(2)7-4-3-5-8(10)9(7)11;/h3-6,11H,10H2,1-2H3;1H. The van der Waals surface area contributed by atoms with Crippen LogP contribution in [0.25, 0.3) is 0 Å². The van der Waals surface area contributed by atoms with E-state index in [1.807, 2.05) is 26.0 Å². The quantitative estimate of drug-likeness (QED) is 0.577. The van der Waals surface area contributed by atoms with Gasteiger partial charge in [-0.3, -0.25) is 0 Å². The fourth-order valence-electron chi connectivity index (χ4n) is 1.05. The molecule has 0 unspecified atom stereocenters. The number of hydrogen-bond donors (Lipinski definition) is 2. The van der Waals surface area contributed by atoms with Gasteiger partial charge in [-0.2, -0.15) is 0 Å². The number of rotatable bonds is 1. The monoisotopic (exact) mass is 231 g/mol. The summed E-state index contributed by atoms with van der Waals surface area (Å²) in [5.74, 6) is 0.543. The predicted molar refractivity (Wildman–Crippen MR) is 56.9 cm³/mol. The molecule has 0 aliphatic heterocycles. The van der Waals surface area contributed by atoms with E-state index in [1.165, 1.54) is 0 Å². The topological polar surface area (TPSA) is 46.2 Å². The fraction of sp³-hybridized carbons (Fsp3) is 0.333. The maximum atomic E-state index is 9.44. The van der Waals surface area contributed by atoms with Crippen LogP contribution in [0.2, 0.25) is 0 Å². The average molecular weight is 232 g/mol. The number of halogens is 1. The Bertz CT molecular complexity index is 261. The van der Waals surface area contributed by atoms with E-state index in [1.54, 1.807) is 6.07 Å². The van der Waals surface area contributed by atoms with Crippen LogP contribution in [-0.2, 0) is 0 Å². The Balaban J connectivity index is 0.00000121. The Hall–Kier alpha value is -0.700. The van der Waals surface area contributed by atoms with Crippen molar-refractivity contribution >= 4 is 22.7 Å². The van der Waals surface area contributed by atoms with Crippen LogP contribution in [0, 0.1) is 0 Å². The van der Waals surface area contributed by atoms with Gasteiger partial charge in [0.15, 0.2) is 0 Å². The number of benzene rings is 1. The van der Waals surface area contributed by atoms with Gasteiger partial charge in [0.1, 0.15) is 5.75 Å². The maximum Gasteiger partial charge on any atom is 0.141 e. The first-order valence-electron chi connectivity index (χ1n) is 3.70. The molecule has 0 saturated carbocycles. The molecule has 0 bridgehead atoms. The highest BCUT2D eigenvalue weighted by atomic mass is 79.9. The Labute approximate surface area is 83.2 Å². The van der Waals surface area contributed by atoms with E-state index in [9.17, 15) is 5.11 Å². The van der Waals surface area contributed by atoms with Gasteiger partial charge in [0.2, 0.25) is 0 Å². The van der Waals surface area contributed by atoms with Gasteiger partial charge in [0, 0.05) is 0 Å². The number of hydrogen-bond acceptors (Lipinski definition) is 2. The molecule has 0 aliphatic carbocycles. The molecule has 1 rings (SSSR count). The molecule has 0 fully saturated rings. The molecule has 0 amide bonds. The molecule has 0 radical (unpaired) electrons. The minimum atomic E-state index is 0. The Morgan fingerprint density at radius 1 is 1.33 bits per heavy atom. The lowest BCUT2D eigenvalue weighted by molar-refractivity contribution is 0.467. The molecule has 12 heavy (non-hydrogen) atoms. The van der Waals surface area contributed by atoms with Crippen molar-refractivity contribution in [1.29, 1.82) is 0 Å². The second kappa shape index (κ2) is 4.36. The molecule has 3 N–H and O–H groups in total. The summed E-state index contributed by atoms with van der Waals surface area (Å²) in [6.45, 7) is 4.04. The van der Waals surface area contributed by atoms with Crippen LogP contribution in [0.1, 0.15) is 25.3 Å². The zero-order chi connectivity index (χ0) is 8.43. The molecular weight excluding hydrogens is 218 g/mol. The zero-order valence-corrected chi connectivity index (χ0v) is 8.96. The first-order valence-corrected chi connectivity index (χ1v) is 3.70. The van der Waals surface area contributed by atoms with Crippen LogP contribution in [0.5, 0.6) is 5.75 Å². The molecule has 1 aromatic rings. The first-order chi connectivity index (χ1) is 5.13. The zero-order valence-electron chi connectivity index (χ0n) is 7.24. The number of phenolic OH excluding ortho intramolecular Hbond substituents is 1. The van der Waals surface area contributed by atoms with E-state index in [4.69, 9.17) is 5.73 Å². The SMILES string of the molecule is Br.CC(C)c1cccc(N)c1O. The Kier molecular flexibility index (Phi) is 4.10. The molecule has 2 nitrogen and oxygen atoms in total. The summed E-state index contributed by atoms with van der Waals surface area (Å²) in [5, 5.41) is 9.44. The molecule has 0 aliphatic rings. The molecular formula is C9H14BrNO. The van der Waals surface area contributed by atoms with Crippen LogP contribution in [0.15, 0.2) is 18.2 Å². The lowest BCUT2D eigenvalue weighted by Gasteiger charge is -2.08. The normalized spacial score (nSPS) is 9.58. The van der Waals surface area contributed by atoms with Gasteiger partial charge in [-0.25, -0.2) is 0 Å². The van der Waals surface area contributed by atoms with Crippen molar-refractivity contribution in [1.82, 2.24) is 0 Å². The minimum Gasteiger partial charge on any atom is -0.505 e. The van der Waals surface area contributed by atoms with Crippen molar-refractivity contribution in [2.75, 3.05) is 5.73 Å². The van der Waals surface area contributed by atoms with Gasteiger partial charge in [-0.05, 0) is 17.5 Å². The van der Waals surface area contributed by atoms with E-state index in [-0.39, 0.29) is 22.7 Å². The van der Waals surface area contributed by atoms with Crippen LogP contribution < -0.4 is 5.73 Å². The molecule has 0 atom stereocenters. The summed E-state index contributed by atoms with van der Waals surface area (Å²) in [5.41, 5.74) is 6.87. The lowest BCUT2D eigenvalue weighted by atomic mass is 10.0. The Morgan fingerprint density at radius 3 is 2.33 bits per heavy atom.